The molecule has 5 nitrogen and oxygen atoms in total. The van der Waals surface area contributed by atoms with E-state index >= 15 is 0 Å². The van der Waals surface area contributed by atoms with Crippen LogP contribution in [0.2, 0.25) is 0 Å². The first kappa shape index (κ1) is 11.6. The second-order valence-electron chi connectivity index (χ2n) is 4.56. The lowest BCUT2D eigenvalue weighted by Gasteiger charge is -2.02. The number of nitrogens with zero attached hydrogens (tertiary/aromatic N) is 2. The van der Waals surface area contributed by atoms with Gasteiger partial charge in [0.25, 0.3) is 5.56 Å². The first-order valence-electron chi connectivity index (χ1n) is 6.21. The van der Waals surface area contributed by atoms with Gasteiger partial charge in [0.1, 0.15) is 0 Å². The van der Waals surface area contributed by atoms with E-state index in [1.165, 1.54) is 17.2 Å². The summed E-state index contributed by atoms with van der Waals surface area (Å²) in [7, 11) is 0. The van der Waals surface area contributed by atoms with Gasteiger partial charge in [0.2, 0.25) is 5.95 Å². The molecule has 0 saturated heterocycles. The van der Waals surface area contributed by atoms with Gasteiger partial charge in [-0.3, -0.25) is 9.78 Å². The van der Waals surface area contributed by atoms with Crippen LogP contribution in [0.5, 0.6) is 0 Å². The summed E-state index contributed by atoms with van der Waals surface area (Å²) in [6, 6.07) is 9.67. The molecular formula is C14H14N4O. The summed E-state index contributed by atoms with van der Waals surface area (Å²) in [5.74, 6) is 0.377. The average molecular weight is 254 g/mol. The van der Waals surface area contributed by atoms with Gasteiger partial charge < -0.3 is 0 Å². The number of anilines is 1. The summed E-state index contributed by atoms with van der Waals surface area (Å²) in [5, 5.41) is 4.35. The van der Waals surface area contributed by atoms with Crippen molar-refractivity contribution in [3.63, 3.8) is 0 Å². The normalized spacial score (nSPS) is 15.5. The van der Waals surface area contributed by atoms with E-state index in [4.69, 9.17) is 0 Å². The van der Waals surface area contributed by atoms with E-state index in [-0.39, 0.29) is 5.56 Å². The Balaban J connectivity index is 1.86. The van der Waals surface area contributed by atoms with Crippen molar-refractivity contribution in [2.45, 2.75) is 19.8 Å². The highest BCUT2D eigenvalue weighted by atomic mass is 16.1. The molecule has 1 aromatic carbocycles. The van der Waals surface area contributed by atoms with Crippen molar-refractivity contribution in [3.05, 3.63) is 57.5 Å². The van der Waals surface area contributed by atoms with Gasteiger partial charge in [-0.2, -0.15) is 5.10 Å². The van der Waals surface area contributed by atoms with Crippen LogP contribution in [-0.4, -0.2) is 15.7 Å². The van der Waals surface area contributed by atoms with Crippen molar-refractivity contribution in [1.29, 1.82) is 0 Å². The van der Waals surface area contributed by atoms with Crippen molar-refractivity contribution in [2.75, 3.05) is 5.43 Å². The quantitative estimate of drug-likeness (QED) is 0.803. The van der Waals surface area contributed by atoms with E-state index < -0.39 is 0 Å². The molecule has 1 aliphatic rings. The minimum absolute atomic E-state index is 0.179. The second kappa shape index (κ2) is 4.68. The maximum Gasteiger partial charge on any atom is 0.252 e. The Morgan fingerprint density at radius 3 is 3.00 bits per heavy atom. The summed E-state index contributed by atoms with van der Waals surface area (Å²) >= 11 is 0. The Bertz CT molecular complexity index is 703. The van der Waals surface area contributed by atoms with E-state index in [2.05, 4.69) is 32.6 Å². The number of aryl methyl sites for hydroxylation is 2. The standard InChI is InChI=1S/C14H14N4O/c1-9-8-13(19)16-14(15-9)18-17-12-7-6-10-4-2-3-5-11(10)12/h2-5,8H,6-7H2,1H3,(H2,15,16,18,19). The molecule has 1 heterocycles. The molecule has 1 aliphatic carbocycles. The lowest BCUT2D eigenvalue weighted by Crippen LogP contribution is -2.11. The van der Waals surface area contributed by atoms with Crippen LogP contribution in [0.1, 0.15) is 23.2 Å². The van der Waals surface area contributed by atoms with Crippen LogP contribution >= 0.6 is 0 Å². The minimum Gasteiger partial charge on any atom is -0.291 e. The lowest BCUT2D eigenvalue weighted by molar-refractivity contribution is 1.03. The van der Waals surface area contributed by atoms with E-state index in [9.17, 15) is 4.79 Å². The number of H-pyrrole nitrogens is 1. The molecule has 0 bridgehead atoms. The molecule has 0 fully saturated rings. The number of benzene rings is 1. The van der Waals surface area contributed by atoms with Crippen LogP contribution in [0.25, 0.3) is 0 Å². The second-order valence-corrected chi connectivity index (χ2v) is 4.56. The maximum atomic E-state index is 11.3. The number of hydrogen-bond donors (Lipinski definition) is 2. The predicted octanol–water partition coefficient (Wildman–Crippen LogP) is 1.84. The fraction of sp³-hybridized carbons (Fsp3) is 0.214. The van der Waals surface area contributed by atoms with E-state index in [1.54, 1.807) is 6.92 Å². The molecule has 0 radical (unpaired) electrons. The number of aromatic amines is 1. The summed E-state index contributed by atoms with van der Waals surface area (Å²) in [4.78, 5) is 18.1. The van der Waals surface area contributed by atoms with Crippen molar-refractivity contribution in [1.82, 2.24) is 9.97 Å². The molecule has 0 amide bonds. The van der Waals surface area contributed by atoms with E-state index in [1.807, 2.05) is 12.1 Å². The van der Waals surface area contributed by atoms with Crippen molar-refractivity contribution < 1.29 is 0 Å². The van der Waals surface area contributed by atoms with Crippen molar-refractivity contribution >= 4 is 11.7 Å². The minimum atomic E-state index is -0.179. The number of hydrazone groups is 1. The van der Waals surface area contributed by atoms with Crippen molar-refractivity contribution in [3.8, 4) is 0 Å². The SMILES string of the molecule is Cc1cc(=O)[nH]c(NN=C2CCc3ccccc32)n1. The van der Waals surface area contributed by atoms with Crippen LogP contribution in [0.15, 0.2) is 40.2 Å². The molecule has 0 atom stereocenters. The number of fused-ring (bicyclic) bond motifs is 1. The Labute approximate surface area is 110 Å². The summed E-state index contributed by atoms with van der Waals surface area (Å²) in [6.45, 7) is 1.78. The summed E-state index contributed by atoms with van der Waals surface area (Å²) in [6.07, 6.45) is 1.91. The lowest BCUT2D eigenvalue weighted by atomic mass is 10.1. The van der Waals surface area contributed by atoms with Gasteiger partial charge in [-0.25, -0.2) is 10.4 Å². The third-order valence-corrected chi connectivity index (χ3v) is 3.13. The molecule has 2 N–H and O–H groups in total. The summed E-state index contributed by atoms with van der Waals surface area (Å²) < 4.78 is 0. The van der Waals surface area contributed by atoms with Gasteiger partial charge in [-0.1, -0.05) is 24.3 Å². The highest BCUT2D eigenvalue weighted by molar-refractivity contribution is 6.04. The topological polar surface area (TPSA) is 70.1 Å². The summed E-state index contributed by atoms with van der Waals surface area (Å²) in [5.41, 5.74) is 6.80. The third-order valence-electron chi connectivity index (χ3n) is 3.13. The Kier molecular flexibility index (Phi) is 2.87. The molecule has 19 heavy (non-hydrogen) atoms. The monoisotopic (exact) mass is 254 g/mol. The molecule has 3 rings (SSSR count). The smallest absolute Gasteiger partial charge is 0.252 e. The zero-order valence-electron chi connectivity index (χ0n) is 10.6. The maximum absolute atomic E-state index is 11.3. The van der Waals surface area contributed by atoms with Gasteiger partial charge >= 0.3 is 0 Å². The van der Waals surface area contributed by atoms with Gasteiger partial charge in [-0.05, 0) is 25.3 Å². The molecule has 0 saturated carbocycles. The first-order chi connectivity index (χ1) is 9.22. The van der Waals surface area contributed by atoms with E-state index in [0.29, 0.717) is 11.6 Å². The zero-order valence-corrected chi connectivity index (χ0v) is 10.6. The number of rotatable bonds is 2. The Hall–Kier alpha value is -2.43. The van der Waals surface area contributed by atoms with Gasteiger partial charge in [-0.15, -0.1) is 0 Å². The van der Waals surface area contributed by atoms with Crippen LogP contribution in [0, 0.1) is 6.92 Å². The third kappa shape index (κ3) is 2.40. The highest BCUT2D eigenvalue weighted by Gasteiger charge is 2.16. The van der Waals surface area contributed by atoms with Crippen LogP contribution in [-0.2, 0) is 6.42 Å². The van der Waals surface area contributed by atoms with E-state index in [0.717, 1.165) is 18.6 Å². The largest absolute Gasteiger partial charge is 0.291 e. The van der Waals surface area contributed by atoms with Gasteiger partial charge in [0.15, 0.2) is 0 Å². The Morgan fingerprint density at radius 2 is 2.16 bits per heavy atom. The molecule has 96 valence electrons. The fourth-order valence-electron chi connectivity index (χ4n) is 2.28. The molecule has 2 aromatic rings. The van der Waals surface area contributed by atoms with Crippen LogP contribution in [0.4, 0.5) is 5.95 Å². The average Bonchev–Trinajstić information content (AvgIpc) is 2.78. The first-order valence-corrected chi connectivity index (χ1v) is 6.21. The van der Waals surface area contributed by atoms with Crippen molar-refractivity contribution in [2.24, 2.45) is 5.10 Å². The van der Waals surface area contributed by atoms with Gasteiger partial charge in [0, 0.05) is 17.3 Å². The zero-order chi connectivity index (χ0) is 13.2. The molecule has 0 spiro atoms. The molecule has 0 aliphatic heterocycles. The molecule has 5 heteroatoms. The predicted molar refractivity (Wildman–Crippen MR) is 74.5 cm³/mol. The van der Waals surface area contributed by atoms with Crippen LogP contribution < -0.4 is 11.0 Å². The number of hydrogen-bond acceptors (Lipinski definition) is 4. The molecule has 0 unspecified atom stereocenters. The number of aromatic nitrogens is 2. The number of nitrogens with one attached hydrogen (secondary N) is 2. The van der Waals surface area contributed by atoms with Gasteiger partial charge in [0.05, 0.1) is 5.71 Å². The molecular weight excluding hydrogens is 240 g/mol. The Morgan fingerprint density at radius 1 is 1.32 bits per heavy atom. The highest BCUT2D eigenvalue weighted by Crippen LogP contribution is 2.21. The molecule has 1 aromatic heterocycles. The van der Waals surface area contributed by atoms with Crippen LogP contribution in [0.3, 0.4) is 0 Å². The fourth-order valence-corrected chi connectivity index (χ4v) is 2.28.